The Morgan fingerprint density at radius 1 is 1.09 bits per heavy atom. The molecule has 0 aliphatic carbocycles. The van der Waals surface area contributed by atoms with E-state index in [0.29, 0.717) is 42.3 Å². The highest BCUT2D eigenvalue weighted by atomic mass is 16.5. The Labute approximate surface area is 188 Å². The second kappa shape index (κ2) is 10.3. The van der Waals surface area contributed by atoms with Crippen molar-refractivity contribution >= 4 is 17.4 Å². The average molecular weight is 439 g/mol. The van der Waals surface area contributed by atoms with Crippen LogP contribution < -0.4 is 9.47 Å². The van der Waals surface area contributed by atoms with Gasteiger partial charge >= 0.3 is 0 Å². The first-order valence-electron chi connectivity index (χ1n) is 10.7. The fraction of sp³-hybridized carbons (Fsp3) is 0.360. The number of carbonyl (C=O) groups is 2. The van der Waals surface area contributed by atoms with Gasteiger partial charge in [0.1, 0.15) is 17.3 Å². The van der Waals surface area contributed by atoms with E-state index in [4.69, 9.17) is 9.47 Å². The monoisotopic (exact) mass is 438 g/mol. The van der Waals surface area contributed by atoms with Crippen molar-refractivity contribution in [1.29, 1.82) is 0 Å². The first kappa shape index (κ1) is 23.3. The van der Waals surface area contributed by atoms with Gasteiger partial charge in [0, 0.05) is 18.7 Å². The summed E-state index contributed by atoms with van der Waals surface area (Å²) in [6, 6.07) is 13.4. The molecule has 1 saturated heterocycles. The molecule has 2 aromatic carbocycles. The van der Waals surface area contributed by atoms with Gasteiger partial charge in [-0.3, -0.25) is 9.59 Å². The zero-order chi connectivity index (χ0) is 23.3. The Morgan fingerprint density at radius 3 is 2.50 bits per heavy atom. The maximum absolute atomic E-state index is 13.1. The molecule has 0 saturated carbocycles. The summed E-state index contributed by atoms with van der Waals surface area (Å²) >= 11 is 0. The van der Waals surface area contributed by atoms with E-state index < -0.39 is 17.7 Å². The lowest BCUT2D eigenvalue weighted by atomic mass is 9.95. The quantitative estimate of drug-likeness (QED) is 0.367. The number of amides is 1. The van der Waals surface area contributed by atoms with Gasteiger partial charge in [-0.15, -0.1) is 0 Å². The largest absolute Gasteiger partial charge is 0.507 e. The van der Waals surface area contributed by atoms with E-state index >= 15 is 0 Å². The number of hydrogen-bond donors (Lipinski definition) is 1. The molecule has 1 aliphatic heterocycles. The van der Waals surface area contributed by atoms with Crippen molar-refractivity contribution in [3.05, 3.63) is 65.2 Å². The first-order chi connectivity index (χ1) is 15.4. The van der Waals surface area contributed by atoms with E-state index in [0.717, 1.165) is 6.42 Å². The van der Waals surface area contributed by atoms with Gasteiger partial charge in [-0.1, -0.05) is 31.2 Å². The Balaban J connectivity index is 2.13. The molecule has 32 heavy (non-hydrogen) atoms. The van der Waals surface area contributed by atoms with E-state index in [2.05, 4.69) is 0 Å². The van der Waals surface area contributed by atoms with Crippen molar-refractivity contribution in [2.75, 3.05) is 40.9 Å². The smallest absolute Gasteiger partial charge is 0.295 e. The van der Waals surface area contributed by atoms with E-state index in [9.17, 15) is 14.7 Å². The maximum Gasteiger partial charge on any atom is 0.295 e. The van der Waals surface area contributed by atoms with E-state index in [1.54, 1.807) is 24.3 Å². The highest BCUT2D eigenvalue weighted by Gasteiger charge is 2.46. The molecule has 1 N–H and O–H groups in total. The molecule has 0 aromatic heterocycles. The van der Waals surface area contributed by atoms with Gasteiger partial charge in [-0.2, -0.15) is 0 Å². The summed E-state index contributed by atoms with van der Waals surface area (Å²) < 4.78 is 11.0. The lowest BCUT2D eigenvalue weighted by Crippen LogP contribution is -2.35. The molecule has 1 atom stereocenters. The molecule has 7 heteroatoms. The van der Waals surface area contributed by atoms with Gasteiger partial charge in [0.25, 0.3) is 11.7 Å². The molecular weight excluding hydrogens is 408 g/mol. The normalized spacial score (nSPS) is 17.8. The van der Waals surface area contributed by atoms with Gasteiger partial charge < -0.3 is 24.4 Å². The molecule has 2 aromatic rings. The second-order valence-corrected chi connectivity index (χ2v) is 7.95. The minimum Gasteiger partial charge on any atom is -0.507 e. The van der Waals surface area contributed by atoms with Crippen molar-refractivity contribution in [1.82, 2.24) is 9.80 Å². The number of hydrogen-bond acceptors (Lipinski definition) is 6. The average Bonchev–Trinajstić information content (AvgIpc) is 3.06. The molecule has 1 unspecified atom stereocenters. The van der Waals surface area contributed by atoms with Crippen molar-refractivity contribution in [3.63, 3.8) is 0 Å². The highest BCUT2D eigenvalue weighted by molar-refractivity contribution is 6.46. The van der Waals surface area contributed by atoms with E-state index in [1.165, 1.54) is 12.0 Å². The number of nitrogens with zero attached hydrogens (tertiary/aromatic N) is 2. The standard InChI is InChI=1S/C25H30N2O5/c1-5-14-32-20-11-6-8-17(15-20)22-21(23(28)18-9-7-10-19(16-18)31-4)24(29)25(30)27(22)13-12-26(2)3/h6-11,15-16,22,28H,5,12-14H2,1-4H3/b23-21-. The molecule has 170 valence electrons. The predicted octanol–water partition coefficient (Wildman–Crippen LogP) is 3.47. The van der Waals surface area contributed by atoms with Gasteiger partial charge in [-0.05, 0) is 50.3 Å². The summed E-state index contributed by atoms with van der Waals surface area (Å²) in [4.78, 5) is 29.5. The summed E-state index contributed by atoms with van der Waals surface area (Å²) in [7, 11) is 5.34. The molecule has 0 bridgehead atoms. The van der Waals surface area contributed by atoms with Crippen molar-refractivity contribution in [3.8, 4) is 11.5 Å². The molecule has 0 radical (unpaired) electrons. The van der Waals surface area contributed by atoms with E-state index in [-0.39, 0.29) is 11.3 Å². The Kier molecular flexibility index (Phi) is 7.53. The van der Waals surface area contributed by atoms with Crippen LogP contribution in [0.25, 0.3) is 5.76 Å². The molecule has 1 aliphatic rings. The summed E-state index contributed by atoms with van der Waals surface area (Å²) in [6.07, 6.45) is 0.862. The summed E-state index contributed by atoms with van der Waals surface area (Å²) in [6.45, 7) is 3.51. The number of benzene rings is 2. The molecule has 0 spiro atoms. The lowest BCUT2D eigenvalue weighted by molar-refractivity contribution is -0.140. The van der Waals surface area contributed by atoms with Gasteiger partial charge in [-0.25, -0.2) is 0 Å². The van der Waals surface area contributed by atoms with Crippen LogP contribution in [0, 0.1) is 0 Å². The minimum absolute atomic E-state index is 0.0645. The number of ketones is 1. The third-order valence-electron chi connectivity index (χ3n) is 5.32. The molecule has 1 heterocycles. The maximum atomic E-state index is 13.1. The minimum atomic E-state index is -0.716. The molecule has 3 rings (SSSR count). The Bertz CT molecular complexity index is 1010. The SMILES string of the molecule is CCCOc1cccc(C2/C(=C(/O)c3cccc(OC)c3)C(=O)C(=O)N2CCN(C)C)c1. The number of Topliss-reactive ketones (excluding diaryl/α,β-unsaturated/α-hetero) is 1. The molecular formula is C25H30N2O5. The summed E-state index contributed by atoms with van der Waals surface area (Å²) in [5.74, 6) is -0.346. The zero-order valence-corrected chi connectivity index (χ0v) is 19.0. The Hall–Kier alpha value is -3.32. The fourth-order valence-electron chi connectivity index (χ4n) is 3.69. The van der Waals surface area contributed by atoms with Crippen LogP contribution in [0.1, 0.15) is 30.5 Å². The summed E-state index contributed by atoms with van der Waals surface area (Å²) in [5, 5.41) is 11.1. The van der Waals surface area contributed by atoms with Gasteiger partial charge in [0.2, 0.25) is 0 Å². The zero-order valence-electron chi connectivity index (χ0n) is 19.0. The topological polar surface area (TPSA) is 79.3 Å². The molecule has 1 amide bonds. The summed E-state index contributed by atoms with van der Waals surface area (Å²) in [5.41, 5.74) is 1.19. The van der Waals surface area contributed by atoms with Crippen molar-refractivity contribution < 1.29 is 24.2 Å². The van der Waals surface area contributed by atoms with Crippen LogP contribution in [0.15, 0.2) is 54.1 Å². The van der Waals surface area contributed by atoms with Gasteiger partial charge in [0.05, 0.1) is 25.3 Å². The molecule has 7 nitrogen and oxygen atoms in total. The Morgan fingerprint density at radius 2 is 1.81 bits per heavy atom. The highest BCUT2D eigenvalue weighted by Crippen LogP contribution is 2.40. The predicted molar refractivity (Wildman–Crippen MR) is 123 cm³/mol. The number of aliphatic hydroxyl groups is 1. The third-order valence-corrected chi connectivity index (χ3v) is 5.32. The number of aliphatic hydroxyl groups excluding tert-OH is 1. The van der Waals surface area contributed by atoms with Crippen LogP contribution in [-0.2, 0) is 9.59 Å². The number of rotatable bonds is 9. The number of likely N-dealkylation sites (N-methyl/N-ethyl adjacent to an activating group) is 1. The lowest BCUT2D eigenvalue weighted by Gasteiger charge is -2.27. The van der Waals surface area contributed by atoms with Crippen LogP contribution in [0.5, 0.6) is 11.5 Å². The number of likely N-dealkylation sites (tertiary alicyclic amines) is 1. The van der Waals surface area contributed by atoms with Crippen molar-refractivity contribution in [2.45, 2.75) is 19.4 Å². The number of methoxy groups -OCH3 is 1. The van der Waals surface area contributed by atoms with Crippen LogP contribution in [0.2, 0.25) is 0 Å². The van der Waals surface area contributed by atoms with Crippen LogP contribution in [0.4, 0.5) is 0 Å². The van der Waals surface area contributed by atoms with Crippen molar-refractivity contribution in [2.24, 2.45) is 0 Å². The fourth-order valence-corrected chi connectivity index (χ4v) is 3.69. The second-order valence-electron chi connectivity index (χ2n) is 7.95. The van der Waals surface area contributed by atoms with E-state index in [1.807, 2.05) is 50.2 Å². The third kappa shape index (κ3) is 4.94. The van der Waals surface area contributed by atoms with Crippen LogP contribution in [-0.4, -0.2) is 67.5 Å². The van der Waals surface area contributed by atoms with Crippen LogP contribution >= 0.6 is 0 Å². The number of ether oxygens (including phenoxy) is 2. The van der Waals surface area contributed by atoms with Crippen LogP contribution in [0.3, 0.4) is 0 Å². The molecule has 1 fully saturated rings. The number of carbonyl (C=O) groups excluding carboxylic acids is 2. The first-order valence-corrected chi connectivity index (χ1v) is 10.7. The van der Waals surface area contributed by atoms with Gasteiger partial charge in [0.15, 0.2) is 0 Å².